The van der Waals surface area contributed by atoms with Crippen LogP contribution in [0.5, 0.6) is 0 Å². The molecular weight excluding hydrogens is 835 g/mol. The molecule has 4 atom stereocenters. The maximum Gasteiger partial charge on any atom is 0.343 e. The zero-order chi connectivity index (χ0) is 46.3. The number of aliphatic carboxylic acids is 1. The van der Waals surface area contributed by atoms with Crippen molar-refractivity contribution in [2.45, 2.75) is 96.3 Å². The molecule has 0 unspecified atom stereocenters. The summed E-state index contributed by atoms with van der Waals surface area (Å²) in [4.78, 5) is 102. The van der Waals surface area contributed by atoms with Gasteiger partial charge in [0.05, 0.1) is 75.1 Å². The second-order valence-electron chi connectivity index (χ2n) is 16.4. The lowest BCUT2D eigenvalue weighted by atomic mass is 9.86. The van der Waals surface area contributed by atoms with Gasteiger partial charge in [-0.25, -0.2) is 9.78 Å². The number of fused-ring (bicyclic) bond motifs is 5. The Bertz CT molecular complexity index is 2330. The number of ether oxygens (including phenoxy) is 4. The number of amides is 4. The maximum atomic E-state index is 15.1. The Morgan fingerprint density at radius 2 is 1.72 bits per heavy atom. The SMILES string of the molecule is CC[C@@]1(O)C(=O)OCc2c1cc1n(c2=O)Cc2c-1nc1ccccc1c2CN(C(=O)[C@@H]1CCCN1C(=O)[C@H](CC(=O)O)NC(=O)CCOCCOCCOCCN)[C@H](C(N)=O)C(C)C. The van der Waals surface area contributed by atoms with Crippen molar-refractivity contribution < 1.29 is 57.9 Å². The zero-order valence-electron chi connectivity index (χ0n) is 36.3. The molecule has 7 N–H and O–H groups in total. The highest BCUT2D eigenvalue weighted by molar-refractivity contribution is 5.96. The molecule has 4 amide bonds. The van der Waals surface area contributed by atoms with Gasteiger partial charge < -0.3 is 60.3 Å². The van der Waals surface area contributed by atoms with E-state index in [4.69, 9.17) is 35.4 Å². The largest absolute Gasteiger partial charge is 0.481 e. The van der Waals surface area contributed by atoms with Crippen LogP contribution in [0, 0.1) is 5.92 Å². The number of hydrogen-bond acceptors (Lipinski definition) is 14. The molecule has 0 spiro atoms. The fraction of sp³-hybridized carbons (Fsp3) is 0.545. The number of carboxylic acids is 1. The van der Waals surface area contributed by atoms with Crippen molar-refractivity contribution in [3.05, 3.63) is 62.9 Å². The minimum absolute atomic E-state index is 0.00186. The quantitative estimate of drug-likeness (QED) is 0.0523. The number of rotatable bonds is 22. The first-order chi connectivity index (χ1) is 30.6. The van der Waals surface area contributed by atoms with Gasteiger partial charge in [-0.3, -0.25) is 28.8 Å². The van der Waals surface area contributed by atoms with Crippen molar-refractivity contribution in [2.24, 2.45) is 17.4 Å². The molecule has 0 radical (unpaired) electrons. The molecule has 0 aliphatic carbocycles. The molecule has 20 nitrogen and oxygen atoms in total. The number of carbonyl (C=O) groups excluding carboxylic acids is 5. The van der Waals surface area contributed by atoms with Crippen LogP contribution in [-0.2, 0) is 73.0 Å². The van der Waals surface area contributed by atoms with E-state index < -0.39 is 77.2 Å². The Balaban J connectivity index is 1.27. The molecule has 3 aromatic rings. The van der Waals surface area contributed by atoms with Crippen LogP contribution in [-0.4, -0.2) is 136 Å². The van der Waals surface area contributed by atoms with Crippen molar-refractivity contribution in [2.75, 3.05) is 52.7 Å². The van der Waals surface area contributed by atoms with Crippen molar-refractivity contribution in [3.63, 3.8) is 0 Å². The second-order valence-corrected chi connectivity index (χ2v) is 16.4. The van der Waals surface area contributed by atoms with Gasteiger partial charge in [0.25, 0.3) is 5.56 Å². The Morgan fingerprint density at radius 1 is 1.03 bits per heavy atom. The molecule has 6 rings (SSSR count). The molecule has 1 aromatic carbocycles. The van der Waals surface area contributed by atoms with E-state index in [9.17, 15) is 39.0 Å². The van der Waals surface area contributed by atoms with Gasteiger partial charge in [0.2, 0.25) is 23.6 Å². The summed E-state index contributed by atoms with van der Waals surface area (Å²) in [5.74, 6) is -5.55. The lowest BCUT2D eigenvalue weighted by molar-refractivity contribution is -0.172. The predicted octanol–water partition coefficient (Wildman–Crippen LogP) is 0.267. The lowest BCUT2D eigenvalue weighted by Crippen LogP contribution is -2.58. The van der Waals surface area contributed by atoms with Crippen LogP contribution in [0.1, 0.15) is 75.1 Å². The highest BCUT2D eigenvalue weighted by Crippen LogP contribution is 2.41. The average molecular weight is 892 g/mol. The number of nitrogens with zero attached hydrogens (tertiary/aromatic N) is 4. The average Bonchev–Trinajstić information content (AvgIpc) is 3.90. The molecule has 2 aromatic heterocycles. The first-order valence-corrected chi connectivity index (χ1v) is 21.5. The van der Waals surface area contributed by atoms with Crippen LogP contribution in [0.25, 0.3) is 22.3 Å². The van der Waals surface area contributed by atoms with E-state index in [-0.39, 0.29) is 76.5 Å². The number of para-hydroxylation sites is 1. The summed E-state index contributed by atoms with van der Waals surface area (Å²) in [5, 5.41) is 24.3. The molecule has 64 heavy (non-hydrogen) atoms. The summed E-state index contributed by atoms with van der Waals surface area (Å²) in [6, 6.07) is 4.87. The third-order valence-electron chi connectivity index (χ3n) is 11.9. The highest BCUT2D eigenvalue weighted by Gasteiger charge is 2.47. The van der Waals surface area contributed by atoms with E-state index in [1.54, 1.807) is 51.1 Å². The number of nitrogens with two attached hydrogens (primary N) is 2. The Hall–Kier alpha value is -5.80. The van der Waals surface area contributed by atoms with E-state index >= 15 is 4.79 Å². The van der Waals surface area contributed by atoms with Crippen molar-refractivity contribution in [3.8, 4) is 11.4 Å². The molecule has 0 saturated carbocycles. The molecule has 3 aliphatic heterocycles. The second kappa shape index (κ2) is 20.8. The summed E-state index contributed by atoms with van der Waals surface area (Å²) in [7, 11) is 0. The first kappa shape index (κ1) is 47.7. The number of hydrogen-bond donors (Lipinski definition) is 5. The van der Waals surface area contributed by atoms with Crippen LogP contribution < -0.4 is 22.3 Å². The van der Waals surface area contributed by atoms with Gasteiger partial charge in [0.1, 0.15) is 24.7 Å². The molecule has 0 bridgehead atoms. The standard InChI is InChI=1S/C44H57N7O13/c1-4-44(60)30-20-34-37-28(23-50(34)40(56)29(30)24-64-43(44)59)27(26-8-5-6-9-31(26)48-37)22-51(38(25(2)3)39(46)55)42(58)33-10-7-13-49(33)41(57)32(21-36(53)54)47-35(52)11-14-61-16-18-63-19-17-62-15-12-45/h5-6,8-9,20,25,32-33,38,60H,4,7,10-19,21-24,45H2,1-3H3,(H2,46,55)(H,47,52)(H,53,54)/t32-,33-,38-,44-/m0/s1. The Kier molecular flexibility index (Phi) is 15.5. The van der Waals surface area contributed by atoms with Gasteiger partial charge in [0, 0.05) is 42.6 Å². The zero-order valence-corrected chi connectivity index (χ0v) is 36.3. The maximum absolute atomic E-state index is 15.1. The third-order valence-corrected chi connectivity index (χ3v) is 11.9. The number of aliphatic hydroxyl groups is 1. The number of benzene rings is 1. The number of carbonyl (C=O) groups is 6. The van der Waals surface area contributed by atoms with Crippen molar-refractivity contribution >= 4 is 46.5 Å². The summed E-state index contributed by atoms with van der Waals surface area (Å²) in [6.45, 7) is 6.57. The van der Waals surface area contributed by atoms with Crippen LogP contribution in [0.15, 0.2) is 35.1 Å². The van der Waals surface area contributed by atoms with Gasteiger partial charge >= 0.3 is 11.9 Å². The molecule has 1 saturated heterocycles. The monoisotopic (exact) mass is 891 g/mol. The van der Waals surface area contributed by atoms with E-state index in [0.717, 1.165) is 0 Å². The minimum Gasteiger partial charge on any atom is -0.481 e. The molecular formula is C44H57N7O13. The fourth-order valence-electron chi connectivity index (χ4n) is 8.73. The fourth-order valence-corrected chi connectivity index (χ4v) is 8.73. The molecule has 5 heterocycles. The van der Waals surface area contributed by atoms with Gasteiger partial charge in [-0.15, -0.1) is 0 Å². The van der Waals surface area contributed by atoms with E-state index in [1.165, 1.54) is 14.4 Å². The minimum atomic E-state index is -2.05. The van der Waals surface area contributed by atoms with Crippen molar-refractivity contribution in [1.29, 1.82) is 0 Å². The van der Waals surface area contributed by atoms with Gasteiger partial charge in [-0.1, -0.05) is 39.0 Å². The molecule has 1 fully saturated rings. The summed E-state index contributed by atoms with van der Waals surface area (Å²) < 4.78 is 22.8. The predicted molar refractivity (Wildman–Crippen MR) is 228 cm³/mol. The van der Waals surface area contributed by atoms with Gasteiger partial charge in [0.15, 0.2) is 5.60 Å². The normalized spacial score (nSPS) is 18.6. The molecule has 3 aliphatic rings. The lowest BCUT2D eigenvalue weighted by Gasteiger charge is -2.37. The number of esters is 1. The van der Waals surface area contributed by atoms with Crippen LogP contribution >= 0.6 is 0 Å². The number of pyridine rings is 2. The summed E-state index contributed by atoms with van der Waals surface area (Å²) >= 11 is 0. The number of primary amides is 1. The van der Waals surface area contributed by atoms with E-state index in [0.29, 0.717) is 66.2 Å². The van der Waals surface area contributed by atoms with E-state index in [2.05, 4.69) is 5.32 Å². The number of likely N-dealkylation sites (tertiary alicyclic amines) is 1. The summed E-state index contributed by atoms with van der Waals surface area (Å²) in [6.07, 6.45) is -0.432. The number of nitrogens with one attached hydrogen (secondary N) is 1. The smallest absolute Gasteiger partial charge is 0.343 e. The molecule has 346 valence electrons. The summed E-state index contributed by atoms with van der Waals surface area (Å²) in [5.41, 5.74) is 11.5. The first-order valence-electron chi connectivity index (χ1n) is 21.5. The highest BCUT2D eigenvalue weighted by atomic mass is 16.6. The van der Waals surface area contributed by atoms with Crippen LogP contribution in [0.2, 0.25) is 0 Å². The third kappa shape index (κ3) is 9.95. The Morgan fingerprint density at radius 3 is 2.38 bits per heavy atom. The Labute approximate surface area is 369 Å². The van der Waals surface area contributed by atoms with Crippen LogP contribution in [0.4, 0.5) is 0 Å². The van der Waals surface area contributed by atoms with E-state index in [1.807, 2.05) is 0 Å². The van der Waals surface area contributed by atoms with Crippen LogP contribution in [0.3, 0.4) is 0 Å². The van der Waals surface area contributed by atoms with Gasteiger partial charge in [-0.05, 0) is 42.9 Å². The number of aromatic nitrogens is 2. The molecule has 20 heteroatoms. The van der Waals surface area contributed by atoms with Crippen molar-refractivity contribution in [1.82, 2.24) is 24.7 Å². The number of carboxylic acid groups (broad SMARTS) is 1. The number of cyclic esters (lactones) is 1. The topological polar surface area (TPSA) is 285 Å². The van der Waals surface area contributed by atoms with Gasteiger partial charge in [-0.2, -0.15) is 0 Å².